The quantitative estimate of drug-likeness (QED) is 0.794. The summed E-state index contributed by atoms with van der Waals surface area (Å²) in [6, 6.07) is 3.13. The maximum Gasteiger partial charge on any atom is 0.270 e. The Balaban J connectivity index is 2.78. The standard InChI is InChI=1S/C14H19ClN2O4S/c1-6-17(20-5)22(18,19)12-9(15)7-8-10-11(12)21-13(16-10)14(2,3)4/h7-8H,6H2,1-5H3. The van der Waals surface area contributed by atoms with Gasteiger partial charge in [0.25, 0.3) is 10.0 Å². The van der Waals surface area contributed by atoms with Crippen molar-refractivity contribution in [3.8, 4) is 0 Å². The summed E-state index contributed by atoms with van der Waals surface area (Å²) in [6.45, 7) is 7.60. The van der Waals surface area contributed by atoms with Crippen molar-refractivity contribution in [1.29, 1.82) is 0 Å². The minimum absolute atomic E-state index is 0.0691. The minimum Gasteiger partial charge on any atom is -0.439 e. The highest BCUT2D eigenvalue weighted by molar-refractivity contribution is 7.89. The van der Waals surface area contributed by atoms with Crippen molar-refractivity contribution < 1.29 is 17.7 Å². The molecule has 1 heterocycles. The van der Waals surface area contributed by atoms with Crippen molar-refractivity contribution in [2.75, 3.05) is 13.7 Å². The van der Waals surface area contributed by atoms with Crippen LogP contribution in [0.5, 0.6) is 0 Å². The van der Waals surface area contributed by atoms with E-state index in [0.717, 1.165) is 4.47 Å². The molecule has 1 aromatic heterocycles. The fourth-order valence-corrected chi connectivity index (χ4v) is 3.88. The first kappa shape index (κ1) is 17.2. The number of sulfonamides is 1. The van der Waals surface area contributed by atoms with Crippen LogP contribution in [0.1, 0.15) is 33.6 Å². The van der Waals surface area contributed by atoms with Gasteiger partial charge < -0.3 is 4.42 Å². The number of hydrogen-bond donors (Lipinski definition) is 0. The number of benzene rings is 1. The Kier molecular flexibility index (Phi) is 4.54. The summed E-state index contributed by atoms with van der Waals surface area (Å²) in [6.07, 6.45) is 0. The normalized spacial score (nSPS) is 13.2. The lowest BCUT2D eigenvalue weighted by Crippen LogP contribution is -2.30. The average Bonchev–Trinajstić information content (AvgIpc) is 2.82. The van der Waals surface area contributed by atoms with Gasteiger partial charge in [0.1, 0.15) is 10.4 Å². The maximum absolute atomic E-state index is 12.7. The van der Waals surface area contributed by atoms with Gasteiger partial charge >= 0.3 is 0 Å². The Morgan fingerprint density at radius 1 is 1.36 bits per heavy atom. The second-order valence-electron chi connectivity index (χ2n) is 5.80. The van der Waals surface area contributed by atoms with E-state index in [4.69, 9.17) is 20.9 Å². The Hall–Kier alpha value is -1.15. The predicted octanol–water partition coefficient (Wildman–Crippen LogP) is 3.35. The zero-order valence-electron chi connectivity index (χ0n) is 13.2. The third kappa shape index (κ3) is 2.86. The lowest BCUT2D eigenvalue weighted by atomic mass is 9.97. The van der Waals surface area contributed by atoms with Gasteiger partial charge in [0, 0.05) is 12.0 Å². The van der Waals surface area contributed by atoms with E-state index in [1.165, 1.54) is 13.2 Å². The number of nitrogens with zero attached hydrogens (tertiary/aromatic N) is 2. The van der Waals surface area contributed by atoms with E-state index in [0.29, 0.717) is 11.4 Å². The highest BCUT2D eigenvalue weighted by atomic mass is 35.5. The van der Waals surface area contributed by atoms with Gasteiger partial charge in [-0.1, -0.05) is 36.8 Å². The molecule has 0 saturated heterocycles. The van der Waals surface area contributed by atoms with Gasteiger partial charge in [-0.15, -0.1) is 0 Å². The first-order chi connectivity index (χ1) is 10.1. The fraction of sp³-hybridized carbons (Fsp3) is 0.500. The van der Waals surface area contributed by atoms with Crippen LogP contribution in [0.3, 0.4) is 0 Å². The summed E-state index contributed by atoms with van der Waals surface area (Å²) >= 11 is 6.12. The van der Waals surface area contributed by atoms with Crippen molar-refractivity contribution in [3.63, 3.8) is 0 Å². The van der Waals surface area contributed by atoms with Gasteiger partial charge in [0.2, 0.25) is 5.89 Å². The van der Waals surface area contributed by atoms with Gasteiger partial charge in [-0.2, -0.15) is 0 Å². The molecule has 0 unspecified atom stereocenters. The van der Waals surface area contributed by atoms with Gasteiger partial charge in [0.05, 0.1) is 12.1 Å². The molecule has 0 atom stereocenters. The molecule has 0 N–H and O–H groups in total. The number of halogens is 1. The molecule has 0 aliphatic heterocycles. The van der Waals surface area contributed by atoms with E-state index < -0.39 is 10.0 Å². The molecule has 0 amide bonds. The highest BCUT2D eigenvalue weighted by Crippen LogP contribution is 2.35. The minimum atomic E-state index is -3.95. The van der Waals surface area contributed by atoms with Crippen LogP contribution in [0.4, 0.5) is 0 Å². The second kappa shape index (κ2) is 5.81. The SMILES string of the molecule is CCN(OC)S(=O)(=O)c1c(Cl)ccc2nc(C(C)(C)C)oc12. The van der Waals surface area contributed by atoms with Crippen LogP contribution in [0, 0.1) is 0 Å². The highest BCUT2D eigenvalue weighted by Gasteiger charge is 2.32. The van der Waals surface area contributed by atoms with Crippen molar-refractivity contribution in [2.24, 2.45) is 0 Å². The van der Waals surface area contributed by atoms with Crippen LogP contribution in [-0.2, 0) is 20.3 Å². The monoisotopic (exact) mass is 346 g/mol. The molecular formula is C14H19ClN2O4S. The topological polar surface area (TPSA) is 72.6 Å². The molecule has 0 fully saturated rings. The number of aromatic nitrogens is 1. The van der Waals surface area contributed by atoms with Crippen LogP contribution < -0.4 is 0 Å². The van der Waals surface area contributed by atoms with Crippen molar-refractivity contribution in [1.82, 2.24) is 9.45 Å². The van der Waals surface area contributed by atoms with E-state index in [1.807, 2.05) is 20.8 Å². The van der Waals surface area contributed by atoms with E-state index in [1.54, 1.807) is 13.0 Å². The molecule has 2 rings (SSSR count). The van der Waals surface area contributed by atoms with Crippen LogP contribution in [0.2, 0.25) is 5.02 Å². The summed E-state index contributed by atoms with van der Waals surface area (Å²) in [5, 5.41) is 0.0691. The first-order valence-electron chi connectivity index (χ1n) is 6.79. The van der Waals surface area contributed by atoms with Crippen LogP contribution in [0.15, 0.2) is 21.4 Å². The van der Waals surface area contributed by atoms with Crippen LogP contribution >= 0.6 is 11.6 Å². The van der Waals surface area contributed by atoms with Crippen LogP contribution in [-0.4, -0.2) is 31.5 Å². The summed E-state index contributed by atoms with van der Waals surface area (Å²) in [4.78, 5) is 9.16. The van der Waals surface area contributed by atoms with Gasteiger partial charge in [-0.05, 0) is 19.1 Å². The molecule has 6 nitrogen and oxygen atoms in total. The Bertz CT molecular complexity index is 789. The zero-order valence-corrected chi connectivity index (χ0v) is 14.7. The van der Waals surface area contributed by atoms with E-state index in [2.05, 4.69) is 4.98 Å². The van der Waals surface area contributed by atoms with E-state index >= 15 is 0 Å². The Morgan fingerprint density at radius 2 is 2.00 bits per heavy atom. The van der Waals surface area contributed by atoms with Crippen LogP contribution in [0.25, 0.3) is 11.1 Å². The molecule has 0 saturated carbocycles. The Labute approximate surface area is 135 Å². The lowest BCUT2D eigenvalue weighted by Gasteiger charge is -2.18. The van der Waals surface area contributed by atoms with Gasteiger partial charge in [-0.3, -0.25) is 4.84 Å². The lowest BCUT2D eigenvalue weighted by molar-refractivity contribution is -0.0442. The largest absolute Gasteiger partial charge is 0.439 e. The molecule has 22 heavy (non-hydrogen) atoms. The molecule has 122 valence electrons. The number of hydroxylamine groups is 1. The molecule has 0 radical (unpaired) electrons. The third-order valence-electron chi connectivity index (χ3n) is 3.09. The molecule has 8 heteroatoms. The average molecular weight is 347 g/mol. The van der Waals surface area contributed by atoms with Gasteiger partial charge in [0.15, 0.2) is 5.58 Å². The predicted molar refractivity (Wildman–Crippen MR) is 84.3 cm³/mol. The van der Waals surface area contributed by atoms with Crippen molar-refractivity contribution in [2.45, 2.75) is 38.0 Å². The molecular weight excluding hydrogens is 328 g/mol. The summed E-state index contributed by atoms with van der Waals surface area (Å²) in [5.41, 5.74) is 0.242. The number of oxazole rings is 1. The Morgan fingerprint density at radius 3 is 2.50 bits per heavy atom. The summed E-state index contributed by atoms with van der Waals surface area (Å²) in [5.74, 6) is 0.446. The number of fused-ring (bicyclic) bond motifs is 1. The molecule has 0 aliphatic rings. The number of hydrogen-bond acceptors (Lipinski definition) is 5. The fourth-order valence-electron chi connectivity index (χ4n) is 2.00. The summed E-state index contributed by atoms with van der Waals surface area (Å²) < 4.78 is 32.0. The second-order valence-corrected chi connectivity index (χ2v) is 7.97. The third-order valence-corrected chi connectivity index (χ3v) is 5.39. The molecule has 2 aromatic rings. The number of rotatable bonds is 4. The molecule has 1 aromatic carbocycles. The zero-order chi connectivity index (χ0) is 16.7. The molecule has 0 aliphatic carbocycles. The summed E-state index contributed by atoms with van der Waals surface area (Å²) in [7, 11) is -2.66. The van der Waals surface area contributed by atoms with Gasteiger partial charge in [-0.25, -0.2) is 13.4 Å². The molecule has 0 spiro atoms. The van der Waals surface area contributed by atoms with E-state index in [9.17, 15) is 8.42 Å². The first-order valence-corrected chi connectivity index (χ1v) is 8.61. The maximum atomic E-state index is 12.7. The molecule has 0 bridgehead atoms. The van der Waals surface area contributed by atoms with Crippen molar-refractivity contribution in [3.05, 3.63) is 23.0 Å². The van der Waals surface area contributed by atoms with E-state index in [-0.39, 0.29) is 27.5 Å². The smallest absolute Gasteiger partial charge is 0.270 e. The van der Waals surface area contributed by atoms with Crippen molar-refractivity contribution >= 4 is 32.7 Å².